The molecule has 236 valence electrons. The molecule has 1 aromatic heterocycles. The van der Waals surface area contributed by atoms with E-state index in [2.05, 4.69) is 71.6 Å². The van der Waals surface area contributed by atoms with Gasteiger partial charge in [0, 0.05) is 55.1 Å². The van der Waals surface area contributed by atoms with E-state index < -0.39 is 0 Å². The Morgan fingerprint density at radius 2 is 1.96 bits per heavy atom. The van der Waals surface area contributed by atoms with Crippen LogP contribution in [0.15, 0.2) is 88.8 Å². The largest absolute Gasteiger partial charge is 0.494 e. The van der Waals surface area contributed by atoms with Crippen molar-refractivity contribution in [1.82, 2.24) is 14.8 Å². The summed E-state index contributed by atoms with van der Waals surface area (Å²) < 4.78 is 6.19. The van der Waals surface area contributed by atoms with Crippen molar-refractivity contribution in [2.24, 2.45) is 10.9 Å². The molecule has 1 saturated carbocycles. The van der Waals surface area contributed by atoms with Gasteiger partial charge in [-0.05, 0) is 99.6 Å². The number of hydrogen-bond donors (Lipinski definition) is 1. The van der Waals surface area contributed by atoms with E-state index in [0.29, 0.717) is 18.1 Å². The van der Waals surface area contributed by atoms with E-state index in [1.165, 1.54) is 12.0 Å². The first kappa shape index (κ1) is 31.0. The number of amides is 1. The number of hydrogen-bond acceptors (Lipinski definition) is 5. The van der Waals surface area contributed by atoms with E-state index in [9.17, 15) is 9.59 Å². The Morgan fingerprint density at radius 1 is 1.07 bits per heavy atom. The number of ether oxygens (including phenoxy) is 1. The number of fused-ring (bicyclic) bond motifs is 1. The van der Waals surface area contributed by atoms with Crippen LogP contribution in [0.25, 0.3) is 10.9 Å². The lowest BCUT2D eigenvalue weighted by Crippen LogP contribution is -2.47. The minimum absolute atomic E-state index is 0.0830. The maximum atomic E-state index is 13.1. The number of nitrogens with one attached hydrogen (secondary N) is 1. The second-order valence-corrected chi connectivity index (χ2v) is 12.8. The van der Waals surface area contributed by atoms with Crippen molar-refractivity contribution < 1.29 is 14.3 Å². The van der Waals surface area contributed by atoms with Crippen LogP contribution in [-0.2, 0) is 16.0 Å². The lowest BCUT2D eigenvalue weighted by Gasteiger charge is -2.32. The zero-order valence-corrected chi connectivity index (χ0v) is 26.6. The second kappa shape index (κ2) is 14.9. The summed E-state index contributed by atoms with van der Waals surface area (Å²) in [7, 11) is 2.10. The van der Waals surface area contributed by atoms with Gasteiger partial charge in [0.2, 0.25) is 0 Å². The molecule has 1 N–H and O–H groups in total. The van der Waals surface area contributed by atoms with E-state index >= 15 is 0 Å². The molecule has 2 aromatic rings. The molecule has 4 aliphatic rings. The minimum Gasteiger partial charge on any atom is -0.494 e. The molecule has 0 radical (unpaired) electrons. The van der Waals surface area contributed by atoms with Crippen LogP contribution in [0.4, 0.5) is 0 Å². The van der Waals surface area contributed by atoms with Crippen LogP contribution in [0.3, 0.4) is 0 Å². The number of allylic oxidation sites excluding steroid dienone is 9. The van der Waals surface area contributed by atoms with Crippen LogP contribution in [0.2, 0.25) is 0 Å². The lowest BCUT2D eigenvalue weighted by molar-refractivity contribution is -0.123. The maximum Gasteiger partial charge on any atom is 0.270 e. The van der Waals surface area contributed by atoms with Gasteiger partial charge in [-0.2, -0.15) is 0 Å². The predicted molar refractivity (Wildman–Crippen MR) is 181 cm³/mol. The minimum atomic E-state index is 0.0830. The summed E-state index contributed by atoms with van der Waals surface area (Å²) >= 11 is 0. The smallest absolute Gasteiger partial charge is 0.270 e. The first-order chi connectivity index (χ1) is 22.0. The quantitative estimate of drug-likeness (QED) is 0.309. The monoisotopic (exact) mass is 606 g/mol. The Bertz CT molecular complexity index is 1580. The van der Waals surface area contributed by atoms with Gasteiger partial charge < -0.3 is 19.5 Å². The van der Waals surface area contributed by atoms with Crippen molar-refractivity contribution in [2.45, 2.75) is 64.2 Å². The summed E-state index contributed by atoms with van der Waals surface area (Å²) in [5.41, 5.74) is 6.09. The highest BCUT2D eigenvalue weighted by Gasteiger charge is 2.22. The first-order valence-electron chi connectivity index (χ1n) is 16.8. The number of piperazine rings is 1. The molecule has 45 heavy (non-hydrogen) atoms. The molecular weight excluding hydrogens is 560 g/mol. The molecule has 0 bridgehead atoms. The number of carbonyl (C=O) groups excluding carboxylic acids is 2. The average Bonchev–Trinajstić information content (AvgIpc) is 3.22. The molecule has 1 saturated heterocycles. The number of benzene rings is 1. The summed E-state index contributed by atoms with van der Waals surface area (Å²) in [4.78, 5) is 38.2. The van der Waals surface area contributed by atoms with E-state index in [0.717, 1.165) is 118 Å². The standard InChI is InChI=1S/C38H46N4O3/c1-41-20-22-42(23-21-41)38(44)36-27-31-25-28(16-18-35(31)40-36)15-17-32-11-6-8-13-34(39-32)30-10-5-7-12-33(26-30)45-24-19-29-9-3-2-4-14-37(29)43/h5,7-8,11-13,16,18,25-27,29,40H,2-4,6,9-10,14-15,17,19-24H2,1H3. The Labute approximate surface area is 267 Å². The van der Waals surface area contributed by atoms with Crippen molar-refractivity contribution in [1.29, 1.82) is 0 Å². The number of nitrogens with zero attached hydrogens (tertiary/aromatic N) is 3. The Balaban J connectivity index is 1.07. The van der Waals surface area contributed by atoms with Crippen LogP contribution >= 0.6 is 0 Å². The number of H-pyrrole nitrogens is 1. The molecule has 1 aromatic carbocycles. The van der Waals surface area contributed by atoms with Gasteiger partial charge in [-0.1, -0.05) is 43.2 Å². The van der Waals surface area contributed by atoms with Crippen LogP contribution in [0.1, 0.15) is 73.8 Å². The fraction of sp³-hybridized carbons (Fsp3) is 0.447. The van der Waals surface area contributed by atoms with Gasteiger partial charge >= 0.3 is 0 Å². The molecule has 7 nitrogen and oxygen atoms in total. The van der Waals surface area contributed by atoms with Gasteiger partial charge in [0.1, 0.15) is 17.2 Å². The summed E-state index contributed by atoms with van der Waals surface area (Å²) in [5.74, 6) is 1.47. The number of aromatic amines is 1. The molecule has 2 aliphatic carbocycles. The number of carbonyl (C=O) groups is 2. The molecule has 2 fully saturated rings. The van der Waals surface area contributed by atoms with Crippen LogP contribution in [0, 0.1) is 5.92 Å². The molecular formula is C38H46N4O3. The summed E-state index contributed by atoms with van der Waals surface area (Å²) in [6, 6.07) is 8.44. The maximum absolute atomic E-state index is 13.1. The van der Waals surface area contributed by atoms with Gasteiger partial charge in [-0.15, -0.1) is 0 Å². The highest BCUT2D eigenvalue weighted by atomic mass is 16.5. The summed E-state index contributed by atoms with van der Waals surface area (Å²) in [6.07, 6.45) is 24.1. The van der Waals surface area contributed by atoms with E-state index in [1.54, 1.807) is 0 Å². The Hall–Kier alpha value is -3.97. The number of aromatic nitrogens is 1. The average molecular weight is 607 g/mol. The number of rotatable bonds is 9. The molecule has 1 atom stereocenters. The van der Waals surface area contributed by atoms with Crippen LogP contribution in [0.5, 0.6) is 0 Å². The van der Waals surface area contributed by atoms with Crippen molar-refractivity contribution in [2.75, 3.05) is 39.8 Å². The molecule has 6 rings (SSSR count). The Morgan fingerprint density at radius 3 is 2.84 bits per heavy atom. The van der Waals surface area contributed by atoms with Gasteiger partial charge in [0.25, 0.3) is 5.91 Å². The zero-order chi connectivity index (χ0) is 31.0. The molecule has 7 heteroatoms. The SMILES string of the molecule is CN1CCN(C(=O)c2cc3cc(CCC4=CCC=CC(C5=CC(OCCC6CCCCCC6=O)=CC=CC5)=N4)ccc3[nH]2)CC1. The number of ketones is 1. The summed E-state index contributed by atoms with van der Waals surface area (Å²) in [5, 5.41) is 1.07. The normalized spacial score (nSPS) is 21.4. The van der Waals surface area contributed by atoms with Crippen molar-refractivity contribution in [3.05, 3.63) is 95.1 Å². The molecule has 1 amide bonds. The fourth-order valence-electron chi connectivity index (χ4n) is 6.62. The number of aryl methyl sites for hydroxylation is 1. The first-order valence-corrected chi connectivity index (χ1v) is 16.8. The van der Waals surface area contributed by atoms with E-state index in [4.69, 9.17) is 9.73 Å². The van der Waals surface area contributed by atoms with Crippen molar-refractivity contribution >= 4 is 28.3 Å². The third-order valence-electron chi connectivity index (χ3n) is 9.45. The number of Topliss-reactive ketones (excluding diaryl/α,β-unsaturated/α-hetero) is 1. The van der Waals surface area contributed by atoms with Gasteiger partial charge in [-0.25, -0.2) is 0 Å². The van der Waals surface area contributed by atoms with Gasteiger partial charge in [0.05, 0.1) is 12.3 Å². The zero-order valence-electron chi connectivity index (χ0n) is 26.6. The topological polar surface area (TPSA) is 78.0 Å². The predicted octanol–water partition coefficient (Wildman–Crippen LogP) is 7.10. The summed E-state index contributed by atoms with van der Waals surface area (Å²) in [6.45, 7) is 3.92. The Kier molecular flexibility index (Phi) is 10.3. The van der Waals surface area contributed by atoms with Gasteiger partial charge in [-0.3, -0.25) is 14.6 Å². The lowest BCUT2D eigenvalue weighted by atomic mass is 9.96. The van der Waals surface area contributed by atoms with Gasteiger partial charge in [0.15, 0.2) is 0 Å². The highest BCUT2D eigenvalue weighted by Crippen LogP contribution is 2.26. The molecule has 0 spiro atoms. The second-order valence-electron chi connectivity index (χ2n) is 12.8. The van der Waals surface area contributed by atoms with Crippen LogP contribution in [-0.4, -0.2) is 72.0 Å². The number of likely N-dealkylation sites (N-methyl/N-ethyl adjacent to an activating group) is 1. The molecule has 3 heterocycles. The molecule has 2 aliphatic heterocycles. The number of aliphatic imine (C=N–C) groups is 1. The third-order valence-corrected chi connectivity index (χ3v) is 9.45. The van der Waals surface area contributed by atoms with Crippen molar-refractivity contribution in [3.8, 4) is 0 Å². The van der Waals surface area contributed by atoms with E-state index in [-0.39, 0.29) is 11.8 Å². The third kappa shape index (κ3) is 8.20. The fourth-order valence-corrected chi connectivity index (χ4v) is 6.62. The highest BCUT2D eigenvalue weighted by molar-refractivity contribution is 6.09. The van der Waals surface area contributed by atoms with Crippen LogP contribution < -0.4 is 0 Å². The molecule has 1 unspecified atom stereocenters. The van der Waals surface area contributed by atoms with E-state index in [1.807, 2.05) is 17.0 Å². The van der Waals surface area contributed by atoms with Crippen molar-refractivity contribution in [3.63, 3.8) is 0 Å².